The lowest BCUT2D eigenvalue weighted by Crippen LogP contribution is -2.44. The van der Waals surface area contributed by atoms with Gasteiger partial charge in [0.05, 0.1) is 22.1 Å². The van der Waals surface area contributed by atoms with Gasteiger partial charge in [-0.15, -0.1) is 11.3 Å². The van der Waals surface area contributed by atoms with Gasteiger partial charge in [0.15, 0.2) is 11.6 Å². The van der Waals surface area contributed by atoms with Crippen LogP contribution in [0.15, 0.2) is 36.0 Å². The Morgan fingerprint density at radius 1 is 1.23 bits per heavy atom. The molecule has 1 N–H and O–H groups in total. The molecule has 3 aromatic heterocycles. The maximum Gasteiger partial charge on any atom is 0.276 e. The number of carbonyl (C=O) groups is 2. The fraction of sp³-hybridized carbons (Fsp3) is 0.360. The Morgan fingerprint density at radius 2 is 1.97 bits per heavy atom. The average molecular weight is 514 g/mol. The molecule has 182 valence electrons. The Balaban J connectivity index is 1.46. The van der Waals surface area contributed by atoms with Crippen molar-refractivity contribution in [2.45, 2.75) is 39.7 Å². The number of aromatic nitrogens is 3. The first-order valence-electron chi connectivity index (χ1n) is 11.2. The normalized spacial score (nSPS) is 14.4. The molecule has 2 amide bonds. The Hall–Kier alpha value is -3.22. The zero-order valence-corrected chi connectivity index (χ0v) is 21.2. The van der Waals surface area contributed by atoms with Gasteiger partial charge in [-0.25, -0.2) is 9.37 Å². The molecule has 1 fully saturated rings. The maximum atomic E-state index is 14.7. The lowest BCUT2D eigenvalue weighted by atomic mass is 9.93. The highest BCUT2D eigenvalue weighted by atomic mass is 35.5. The molecule has 4 rings (SSSR count). The lowest BCUT2D eigenvalue weighted by Gasteiger charge is -2.36. The first kappa shape index (κ1) is 24.9. The third-order valence-corrected chi connectivity index (χ3v) is 6.69. The van der Waals surface area contributed by atoms with E-state index in [9.17, 15) is 14.0 Å². The molecule has 0 spiro atoms. The largest absolute Gasteiger partial charge is 0.342 e. The fourth-order valence-corrected chi connectivity index (χ4v) is 4.65. The highest BCUT2D eigenvalue weighted by Gasteiger charge is 2.32. The highest BCUT2D eigenvalue weighted by molar-refractivity contribution is 7.10. The van der Waals surface area contributed by atoms with Crippen LogP contribution in [-0.2, 0) is 4.79 Å². The maximum absolute atomic E-state index is 14.7. The van der Waals surface area contributed by atoms with Crippen LogP contribution in [0.25, 0.3) is 0 Å². The SMILES string of the molecule is CC(C)(C)C(=O)N1CCC(n2ncc(Cl)c2C(=O)Nc2ncc(C#Cc3cccs3)cc2F)CC1. The number of thiophene rings is 1. The van der Waals surface area contributed by atoms with Crippen molar-refractivity contribution < 1.29 is 14.0 Å². The molecule has 0 aromatic carbocycles. The van der Waals surface area contributed by atoms with Gasteiger partial charge < -0.3 is 10.2 Å². The van der Waals surface area contributed by atoms with Crippen LogP contribution < -0.4 is 5.32 Å². The van der Waals surface area contributed by atoms with Crippen molar-refractivity contribution in [3.63, 3.8) is 0 Å². The summed E-state index contributed by atoms with van der Waals surface area (Å²) < 4.78 is 16.2. The minimum Gasteiger partial charge on any atom is -0.342 e. The van der Waals surface area contributed by atoms with Crippen molar-refractivity contribution in [1.82, 2.24) is 19.7 Å². The first-order chi connectivity index (χ1) is 16.6. The number of hydrogen-bond acceptors (Lipinski definition) is 5. The van der Waals surface area contributed by atoms with E-state index >= 15 is 0 Å². The molecule has 1 aliphatic heterocycles. The predicted molar refractivity (Wildman–Crippen MR) is 134 cm³/mol. The number of nitrogens with one attached hydrogen (secondary N) is 1. The van der Waals surface area contributed by atoms with Gasteiger partial charge in [0.25, 0.3) is 5.91 Å². The standard InChI is InChI=1S/C25H25ClFN5O2S/c1-25(2,3)24(34)31-10-8-17(9-11-31)32-21(19(26)15-29-32)23(33)30-22-20(27)13-16(14-28-22)6-7-18-5-4-12-35-18/h4-5,12-15,17H,8-11H2,1-3H3,(H,28,30,33). The van der Waals surface area contributed by atoms with Gasteiger partial charge in [-0.1, -0.05) is 50.3 Å². The number of carbonyl (C=O) groups excluding carboxylic acids is 2. The zero-order chi connectivity index (χ0) is 25.2. The van der Waals surface area contributed by atoms with E-state index in [1.54, 1.807) is 4.68 Å². The molecule has 7 nitrogen and oxygen atoms in total. The second kappa shape index (κ2) is 10.2. The second-order valence-corrected chi connectivity index (χ2v) is 10.6. The summed E-state index contributed by atoms with van der Waals surface area (Å²) in [6, 6.07) is 4.87. The number of nitrogens with zero attached hydrogens (tertiary/aromatic N) is 4. The minimum atomic E-state index is -0.701. The quantitative estimate of drug-likeness (QED) is 0.500. The highest BCUT2D eigenvalue weighted by Crippen LogP contribution is 2.29. The van der Waals surface area contributed by atoms with Crippen LogP contribution in [0.5, 0.6) is 0 Å². The van der Waals surface area contributed by atoms with Crippen LogP contribution in [0.4, 0.5) is 10.2 Å². The van der Waals surface area contributed by atoms with E-state index in [0.717, 1.165) is 4.88 Å². The molecular formula is C25H25ClFN5O2S. The van der Waals surface area contributed by atoms with Gasteiger partial charge in [-0.05, 0) is 30.4 Å². The van der Waals surface area contributed by atoms with E-state index in [0.29, 0.717) is 31.5 Å². The molecule has 4 heterocycles. The third kappa shape index (κ3) is 5.72. The smallest absolute Gasteiger partial charge is 0.276 e. The molecular weight excluding hydrogens is 489 g/mol. The van der Waals surface area contributed by atoms with Crippen LogP contribution in [0.1, 0.15) is 60.6 Å². The molecule has 35 heavy (non-hydrogen) atoms. The van der Waals surface area contributed by atoms with Gasteiger partial charge in [-0.3, -0.25) is 14.3 Å². The summed E-state index contributed by atoms with van der Waals surface area (Å²) in [6.07, 6.45) is 4.06. The van der Waals surface area contributed by atoms with Crippen molar-refractivity contribution in [3.05, 3.63) is 62.9 Å². The Bertz CT molecular complexity index is 1300. The molecule has 0 radical (unpaired) electrons. The monoisotopic (exact) mass is 513 g/mol. The number of amides is 2. The first-order valence-corrected chi connectivity index (χ1v) is 12.4. The van der Waals surface area contributed by atoms with E-state index < -0.39 is 17.1 Å². The zero-order valence-electron chi connectivity index (χ0n) is 19.6. The average Bonchev–Trinajstić information content (AvgIpc) is 3.48. The van der Waals surface area contributed by atoms with E-state index in [1.165, 1.54) is 29.8 Å². The van der Waals surface area contributed by atoms with Crippen molar-refractivity contribution in [2.75, 3.05) is 18.4 Å². The van der Waals surface area contributed by atoms with Crippen LogP contribution in [0, 0.1) is 23.1 Å². The van der Waals surface area contributed by atoms with E-state index in [1.807, 2.05) is 43.2 Å². The second-order valence-electron chi connectivity index (χ2n) is 9.29. The van der Waals surface area contributed by atoms with Crippen molar-refractivity contribution in [2.24, 2.45) is 5.41 Å². The molecule has 0 unspecified atom stereocenters. The Kier molecular flexibility index (Phi) is 7.24. The summed E-state index contributed by atoms with van der Waals surface area (Å²) in [5.41, 5.74) is 0.0817. The topological polar surface area (TPSA) is 80.1 Å². The number of pyridine rings is 1. The van der Waals surface area contributed by atoms with Crippen LogP contribution in [-0.4, -0.2) is 44.6 Å². The fourth-order valence-electron chi connectivity index (χ4n) is 3.87. The van der Waals surface area contributed by atoms with Crippen molar-refractivity contribution >= 4 is 40.6 Å². The van der Waals surface area contributed by atoms with Crippen LogP contribution in [0.2, 0.25) is 5.02 Å². The summed E-state index contributed by atoms with van der Waals surface area (Å²) >= 11 is 7.77. The van der Waals surface area contributed by atoms with Crippen LogP contribution >= 0.6 is 22.9 Å². The molecule has 1 saturated heterocycles. The third-order valence-electron chi connectivity index (χ3n) is 5.63. The molecule has 10 heteroatoms. The van der Waals surface area contributed by atoms with E-state index in [4.69, 9.17) is 11.6 Å². The van der Waals surface area contributed by atoms with Crippen molar-refractivity contribution in [3.8, 4) is 11.8 Å². The summed E-state index contributed by atoms with van der Waals surface area (Å²) in [7, 11) is 0. The Morgan fingerprint density at radius 3 is 2.60 bits per heavy atom. The number of rotatable bonds is 3. The summed E-state index contributed by atoms with van der Waals surface area (Å²) in [5.74, 6) is 4.37. The molecule has 0 bridgehead atoms. The Labute approximate surface area is 212 Å². The van der Waals surface area contributed by atoms with Crippen molar-refractivity contribution in [1.29, 1.82) is 0 Å². The molecule has 3 aromatic rings. The predicted octanol–water partition coefficient (Wildman–Crippen LogP) is 4.99. The van der Waals surface area contributed by atoms with E-state index in [2.05, 4.69) is 27.2 Å². The van der Waals surface area contributed by atoms with E-state index in [-0.39, 0.29) is 28.5 Å². The number of piperidine rings is 1. The van der Waals surface area contributed by atoms with Gasteiger partial charge in [0, 0.05) is 30.3 Å². The summed E-state index contributed by atoms with van der Waals surface area (Å²) in [4.78, 5) is 32.3. The molecule has 0 atom stereocenters. The number of hydrogen-bond donors (Lipinski definition) is 1. The number of halogens is 2. The minimum absolute atomic E-state index is 0.0949. The van der Waals surface area contributed by atoms with Gasteiger partial charge in [0.2, 0.25) is 5.91 Å². The summed E-state index contributed by atoms with van der Waals surface area (Å²) in [5, 5.41) is 8.86. The summed E-state index contributed by atoms with van der Waals surface area (Å²) in [6.45, 7) is 6.81. The lowest BCUT2D eigenvalue weighted by molar-refractivity contribution is -0.140. The van der Waals surface area contributed by atoms with Gasteiger partial charge in [-0.2, -0.15) is 5.10 Å². The molecule has 0 saturated carbocycles. The molecule has 0 aliphatic carbocycles. The van der Waals surface area contributed by atoms with Crippen LogP contribution in [0.3, 0.4) is 0 Å². The number of likely N-dealkylation sites (tertiary alicyclic amines) is 1. The van der Waals surface area contributed by atoms with Gasteiger partial charge in [0.1, 0.15) is 5.69 Å². The van der Waals surface area contributed by atoms with Gasteiger partial charge >= 0.3 is 0 Å². The number of anilines is 1. The molecule has 1 aliphatic rings.